The van der Waals surface area contributed by atoms with Gasteiger partial charge in [0.25, 0.3) is 5.91 Å². The Bertz CT molecular complexity index is 1350. The van der Waals surface area contributed by atoms with E-state index in [1.807, 2.05) is 42.7 Å². The summed E-state index contributed by atoms with van der Waals surface area (Å²) in [5.41, 5.74) is 1.22. The summed E-state index contributed by atoms with van der Waals surface area (Å²) in [6, 6.07) is 13.6. The lowest BCUT2D eigenvalue weighted by Crippen LogP contribution is -2.48. The van der Waals surface area contributed by atoms with Crippen LogP contribution in [0.1, 0.15) is 24.2 Å². The number of carbonyl (C=O) groups excluding carboxylic acids is 1. The molecule has 1 saturated heterocycles. The number of nitrogens with zero attached hydrogens (tertiary/aromatic N) is 3. The molecule has 7 nitrogen and oxygen atoms in total. The number of thiazole rings is 1. The van der Waals surface area contributed by atoms with Crippen molar-refractivity contribution >= 4 is 37.5 Å². The Morgan fingerprint density at radius 2 is 1.81 bits per heavy atom. The molecule has 1 aliphatic rings. The number of amides is 1. The molecule has 2 atom stereocenters. The molecule has 0 spiro atoms. The summed E-state index contributed by atoms with van der Waals surface area (Å²) in [6.45, 7) is 4.58. The maximum atomic E-state index is 13.0. The van der Waals surface area contributed by atoms with Crippen molar-refractivity contribution in [1.29, 1.82) is 0 Å². The number of terminal acetylenes is 1. The van der Waals surface area contributed by atoms with E-state index in [9.17, 15) is 13.2 Å². The van der Waals surface area contributed by atoms with Gasteiger partial charge in [0, 0.05) is 18.7 Å². The van der Waals surface area contributed by atoms with Crippen molar-refractivity contribution in [2.75, 3.05) is 13.1 Å². The van der Waals surface area contributed by atoms with Crippen LogP contribution in [0.2, 0.25) is 0 Å². The molecule has 0 aliphatic carbocycles. The van der Waals surface area contributed by atoms with Gasteiger partial charge in [0.15, 0.2) is 4.80 Å². The number of sulfonamides is 1. The number of aromatic nitrogens is 1. The molecule has 2 unspecified atom stereocenters. The second-order valence-corrected chi connectivity index (χ2v) is 10.6. The zero-order valence-electron chi connectivity index (χ0n) is 17.8. The summed E-state index contributed by atoms with van der Waals surface area (Å²) < 4.78 is 35.9. The zero-order valence-corrected chi connectivity index (χ0v) is 19.4. The van der Waals surface area contributed by atoms with E-state index in [0.717, 1.165) is 10.2 Å². The lowest BCUT2D eigenvalue weighted by atomic mass is 10.2. The normalized spacial score (nSPS) is 20.3. The van der Waals surface area contributed by atoms with Crippen LogP contribution in [0.3, 0.4) is 0 Å². The number of rotatable bonds is 4. The van der Waals surface area contributed by atoms with E-state index in [1.165, 1.54) is 39.9 Å². The second kappa shape index (κ2) is 9.00. The molecule has 2 heterocycles. The maximum absolute atomic E-state index is 13.0. The molecule has 3 aromatic rings. The molecular formula is C23H23N3O4S2. The molecule has 0 saturated carbocycles. The Balaban J connectivity index is 1.63. The van der Waals surface area contributed by atoms with Gasteiger partial charge in [-0.1, -0.05) is 29.4 Å². The van der Waals surface area contributed by atoms with Crippen LogP contribution in [0.4, 0.5) is 0 Å². The van der Waals surface area contributed by atoms with Gasteiger partial charge in [-0.05, 0) is 50.2 Å². The molecule has 1 aliphatic heterocycles. The van der Waals surface area contributed by atoms with Gasteiger partial charge in [-0.3, -0.25) is 4.79 Å². The predicted octanol–water partition coefficient (Wildman–Crippen LogP) is 2.88. The molecule has 0 radical (unpaired) electrons. The maximum Gasteiger partial charge on any atom is 0.279 e. The number of fused-ring (bicyclic) bond motifs is 1. The number of hydrogen-bond acceptors (Lipinski definition) is 5. The van der Waals surface area contributed by atoms with Gasteiger partial charge in [0.05, 0.1) is 33.9 Å². The fourth-order valence-corrected chi connectivity index (χ4v) is 6.37. The van der Waals surface area contributed by atoms with E-state index in [2.05, 4.69) is 10.9 Å². The lowest BCUT2D eigenvalue weighted by molar-refractivity contribution is -0.0440. The van der Waals surface area contributed by atoms with Crippen molar-refractivity contribution in [3.8, 4) is 12.3 Å². The first kappa shape index (κ1) is 22.4. The number of ether oxygens (including phenoxy) is 1. The number of carbonyl (C=O) groups is 1. The number of morpholine rings is 1. The SMILES string of the molecule is C#CCn1c(=NC(=O)c2ccc(S(=O)(=O)N3CC(C)OC(C)C3)cc2)sc2ccccc21. The van der Waals surface area contributed by atoms with Gasteiger partial charge in [0.2, 0.25) is 10.0 Å². The molecule has 1 aromatic heterocycles. The van der Waals surface area contributed by atoms with Crippen LogP contribution in [-0.4, -0.2) is 48.5 Å². The molecule has 32 heavy (non-hydrogen) atoms. The summed E-state index contributed by atoms with van der Waals surface area (Å²) >= 11 is 1.38. The molecule has 166 valence electrons. The van der Waals surface area contributed by atoms with Crippen molar-refractivity contribution in [2.24, 2.45) is 4.99 Å². The van der Waals surface area contributed by atoms with Crippen molar-refractivity contribution in [1.82, 2.24) is 8.87 Å². The summed E-state index contributed by atoms with van der Waals surface area (Å²) in [5, 5.41) is 0. The standard InChI is InChI=1S/C23H23N3O4S2/c1-4-13-26-20-7-5-6-8-21(20)31-23(26)24-22(27)18-9-11-19(12-10-18)32(28,29)25-14-16(2)30-17(3)15-25/h1,5-12,16-17H,13-15H2,2-3H3. The van der Waals surface area contributed by atoms with Crippen LogP contribution >= 0.6 is 11.3 Å². The van der Waals surface area contributed by atoms with Gasteiger partial charge in [0.1, 0.15) is 0 Å². The summed E-state index contributed by atoms with van der Waals surface area (Å²) in [7, 11) is -3.67. The predicted molar refractivity (Wildman–Crippen MR) is 124 cm³/mol. The Hall–Kier alpha value is -2.77. The van der Waals surface area contributed by atoms with Crippen molar-refractivity contribution in [3.63, 3.8) is 0 Å². The van der Waals surface area contributed by atoms with Crippen LogP contribution in [0.25, 0.3) is 10.2 Å². The third-order valence-electron chi connectivity index (χ3n) is 5.16. The molecule has 1 amide bonds. The fraction of sp³-hybridized carbons (Fsp3) is 0.304. The van der Waals surface area contributed by atoms with Gasteiger partial charge < -0.3 is 9.30 Å². The van der Waals surface area contributed by atoms with E-state index in [1.54, 1.807) is 0 Å². The smallest absolute Gasteiger partial charge is 0.279 e. The highest BCUT2D eigenvalue weighted by molar-refractivity contribution is 7.89. The minimum Gasteiger partial charge on any atom is -0.373 e. The number of hydrogen-bond donors (Lipinski definition) is 0. The average molecular weight is 470 g/mol. The Labute approximate surface area is 191 Å². The topological polar surface area (TPSA) is 81.0 Å². The van der Waals surface area contributed by atoms with Gasteiger partial charge >= 0.3 is 0 Å². The highest BCUT2D eigenvalue weighted by atomic mass is 32.2. The van der Waals surface area contributed by atoms with Crippen LogP contribution in [0.15, 0.2) is 58.4 Å². The minimum absolute atomic E-state index is 0.139. The Kier molecular flexibility index (Phi) is 6.31. The summed E-state index contributed by atoms with van der Waals surface area (Å²) in [6.07, 6.45) is 5.14. The number of para-hydroxylation sites is 1. The van der Waals surface area contributed by atoms with E-state index in [4.69, 9.17) is 11.2 Å². The van der Waals surface area contributed by atoms with Gasteiger partial charge in [-0.15, -0.1) is 6.42 Å². The quantitative estimate of drug-likeness (QED) is 0.551. The summed E-state index contributed by atoms with van der Waals surface area (Å²) in [4.78, 5) is 17.7. The van der Waals surface area contributed by atoms with Crippen LogP contribution in [0.5, 0.6) is 0 Å². The van der Waals surface area contributed by atoms with Gasteiger partial charge in [-0.25, -0.2) is 8.42 Å². The molecule has 1 fully saturated rings. The third kappa shape index (κ3) is 4.40. The van der Waals surface area contributed by atoms with E-state index in [0.29, 0.717) is 30.0 Å². The van der Waals surface area contributed by atoms with Gasteiger partial charge in [-0.2, -0.15) is 9.30 Å². The van der Waals surface area contributed by atoms with Crippen LogP contribution < -0.4 is 4.80 Å². The van der Waals surface area contributed by atoms with Crippen molar-refractivity contribution < 1.29 is 17.9 Å². The summed E-state index contributed by atoms with van der Waals surface area (Å²) in [5.74, 6) is 2.14. The first-order valence-corrected chi connectivity index (χ1v) is 12.4. The van der Waals surface area contributed by atoms with E-state index < -0.39 is 15.9 Å². The van der Waals surface area contributed by atoms with Crippen molar-refractivity contribution in [3.05, 3.63) is 58.9 Å². The average Bonchev–Trinajstić information content (AvgIpc) is 3.10. The second-order valence-electron chi connectivity index (χ2n) is 7.66. The number of benzene rings is 2. The monoisotopic (exact) mass is 469 g/mol. The first-order valence-electron chi connectivity index (χ1n) is 10.2. The largest absolute Gasteiger partial charge is 0.373 e. The van der Waals surface area contributed by atoms with Crippen LogP contribution in [0, 0.1) is 12.3 Å². The molecule has 2 aromatic carbocycles. The molecule has 4 rings (SSSR count). The molecule has 0 N–H and O–H groups in total. The van der Waals surface area contributed by atoms with E-state index in [-0.39, 0.29) is 17.1 Å². The van der Waals surface area contributed by atoms with Crippen molar-refractivity contribution in [2.45, 2.75) is 37.5 Å². The highest BCUT2D eigenvalue weighted by Gasteiger charge is 2.32. The molecular weight excluding hydrogens is 446 g/mol. The lowest BCUT2D eigenvalue weighted by Gasteiger charge is -2.34. The minimum atomic E-state index is -3.67. The fourth-order valence-electron chi connectivity index (χ4n) is 3.75. The zero-order chi connectivity index (χ0) is 22.9. The molecule has 0 bridgehead atoms. The highest BCUT2D eigenvalue weighted by Crippen LogP contribution is 2.22. The molecule has 9 heteroatoms. The van der Waals surface area contributed by atoms with Crippen LogP contribution in [-0.2, 0) is 21.3 Å². The Morgan fingerprint density at radius 1 is 1.16 bits per heavy atom. The Morgan fingerprint density at radius 3 is 2.47 bits per heavy atom. The first-order chi connectivity index (χ1) is 15.3. The van der Waals surface area contributed by atoms with E-state index >= 15 is 0 Å². The third-order valence-corrected chi connectivity index (χ3v) is 8.07.